The Kier molecular flexibility index (Phi) is 6.50. The zero-order chi connectivity index (χ0) is 20.8. The van der Waals surface area contributed by atoms with Gasteiger partial charge in [-0.15, -0.1) is 6.58 Å². The molecule has 0 saturated heterocycles. The number of aromatic nitrogens is 2. The third-order valence-electron chi connectivity index (χ3n) is 4.83. The Hall–Kier alpha value is -3.34. The Balaban J connectivity index is 1.75. The maximum Gasteiger partial charge on any atom is 0.254 e. The number of nitrogens with zero attached hydrogens (tertiary/aromatic N) is 3. The quantitative estimate of drug-likeness (QED) is 0.537. The molecule has 0 atom stereocenters. The van der Waals surface area contributed by atoms with Gasteiger partial charge in [-0.1, -0.05) is 36.4 Å². The highest BCUT2D eigenvalue weighted by Crippen LogP contribution is 2.20. The number of benzene rings is 2. The van der Waals surface area contributed by atoms with Crippen LogP contribution in [0.3, 0.4) is 0 Å². The summed E-state index contributed by atoms with van der Waals surface area (Å²) in [6.45, 7) is 9.44. The van der Waals surface area contributed by atoms with Crippen molar-refractivity contribution in [1.29, 1.82) is 0 Å². The highest BCUT2D eigenvalue weighted by atomic mass is 16.5. The van der Waals surface area contributed by atoms with Crippen LogP contribution in [0.1, 0.15) is 32.9 Å². The fourth-order valence-electron chi connectivity index (χ4n) is 3.36. The van der Waals surface area contributed by atoms with E-state index < -0.39 is 0 Å². The Morgan fingerprint density at radius 1 is 1.17 bits per heavy atom. The van der Waals surface area contributed by atoms with Gasteiger partial charge in [0, 0.05) is 29.9 Å². The lowest BCUT2D eigenvalue weighted by molar-refractivity contribution is 0.0761. The van der Waals surface area contributed by atoms with Gasteiger partial charge in [-0.25, -0.2) is 0 Å². The zero-order valence-electron chi connectivity index (χ0n) is 17.3. The van der Waals surface area contributed by atoms with Crippen molar-refractivity contribution in [3.8, 4) is 5.75 Å². The summed E-state index contributed by atoms with van der Waals surface area (Å²) in [5, 5.41) is 4.50. The molecule has 0 saturated carbocycles. The summed E-state index contributed by atoms with van der Waals surface area (Å²) < 4.78 is 7.39. The lowest BCUT2D eigenvalue weighted by atomic mass is 10.1. The van der Waals surface area contributed by atoms with Crippen molar-refractivity contribution < 1.29 is 9.53 Å². The molecule has 2 aromatic carbocycles. The molecule has 1 amide bonds. The molecule has 150 valence electrons. The summed E-state index contributed by atoms with van der Waals surface area (Å²) in [6.07, 6.45) is 1.74. The topological polar surface area (TPSA) is 47.4 Å². The van der Waals surface area contributed by atoms with Crippen LogP contribution in [0.25, 0.3) is 0 Å². The molecule has 1 heterocycles. The Labute approximate surface area is 172 Å². The number of carbonyl (C=O) groups is 1. The van der Waals surface area contributed by atoms with Crippen LogP contribution in [0, 0.1) is 13.8 Å². The van der Waals surface area contributed by atoms with Crippen molar-refractivity contribution in [3.63, 3.8) is 0 Å². The van der Waals surface area contributed by atoms with E-state index in [1.165, 1.54) is 0 Å². The number of rotatable bonds is 8. The molecule has 0 radical (unpaired) electrons. The smallest absolute Gasteiger partial charge is 0.254 e. The van der Waals surface area contributed by atoms with Gasteiger partial charge in [-0.2, -0.15) is 5.10 Å². The standard InChI is InChI=1S/C24H27N3O2/c1-5-14-26(17-22-8-6-7-9-23(22)29-4)24(28)21-12-10-20(11-13-21)16-27-19(3)15-18(2)25-27/h5-13,15H,1,14,16-17H2,2-4H3. The van der Waals surface area contributed by atoms with Gasteiger partial charge in [0.1, 0.15) is 5.75 Å². The first-order chi connectivity index (χ1) is 14.0. The van der Waals surface area contributed by atoms with E-state index in [0.29, 0.717) is 25.2 Å². The third kappa shape index (κ3) is 4.93. The van der Waals surface area contributed by atoms with Gasteiger partial charge < -0.3 is 9.64 Å². The zero-order valence-corrected chi connectivity index (χ0v) is 17.3. The lowest BCUT2D eigenvalue weighted by Crippen LogP contribution is -2.30. The number of hydrogen-bond donors (Lipinski definition) is 0. The number of carbonyl (C=O) groups excluding carboxylic acids is 1. The lowest BCUT2D eigenvalue weighted by Gasteiger charge is -2.22. The first-order valence-corrected chi connectivity index (χ1v) is 9.64. The second kappa shape index (κ2) is 9.24. The van der Waals surface area contributed by atoms with Gasteiger partial charge in [-0.3, -0.25) is 9.48 Å². The van der Waals surface area contributed by atoms with Gasteiger partial charge in [0.05, 0.1) is 19.3 Å². The molecule has 3 aromatic rings. The number of hydrogen-bond acceptors (Lipinski definition) is 3. The number of ether oxygens (including phenoxy) is 1. The minimum atomic E-state index is -0.0338. The van der Waals surface area contributed by atoms with Gasteiger partial charge in [0.15, 0.2) is 0 Å². The van der Waals surface area contributed by atoms with Crippen LogP contribution in [-0.4, -0.2) is 34.2 Å². The molecule has 29 heavy (non-hydrogen) atoms. The van der Waals surface area contributed by atoms with E-state index in [2.05, 4.69) is 17.7 Å². The van der Waals surface area contributed by atoms with Crippen LogP contribution in [0.2, 0.25) is 0 Å². The molecule has 0 aliphatic carbocycles. The molecule has 0 spiro atoms. The van der Waals surface area contributed by atoms with Crippen molar-refractivity contribution in [3.05, 3.63) is 95.3 Å². The average Bonchev–Trinajstić information content (AvgIpc) is 3.04. The van der Waals surface area contributed by atoms with E-state index in [1.54, 1.807) is 18.1 Å². The second-order valence-corrected chi connectivity index (χ2v) is 7.07. The van der Waals surface area contributed by atoms with Crippen LogP contribution in [-0.2, 0) is 13.1 Å². The highest BCUT2D eigenvalue weighted by molar-refractivity contribution is 5.94. The maximum atomic E-state index is 13.1. The normalized spacial score (nSPS) is 10.6. The minimum Gasteiger partial charge on any atom is -0.496 e. The second-order valence-electron chi connectivity index (χ2n) is 7.07. The van der Waals surface area contributed by atoms with Gasteiger partial charge in [0.2, 0.25) is 0 Å². The fourth-order valence-corrected chi connectivity index (χ4v) is 3.36. The van der Waals surface area contributed by atoms with E-state index >= 15 is 0 Å². The largest absolute Gasteiger partial charge is 0.496 e. The van der Waals surface area contributed by atoms with Gasteiger partial charge in [0.25, 0.3) is 5.91 Å². The van der Waals surface area contributed by atoms with E-state index in [1.807, 2.05) is 67.1 Å². The van der Waals surface area contributed by atoms with Crippen LogP contribution in [0.15, 0.2) is 67.3 Å². The summed E-state index contributed by atoms with van der Waals surface area (Å²) in [6, 6.07) is 17.5. The fraction of sp³-hybridized carbons (Fsp3) is 0.250. The first-order valence-electron chi connectivity index (χ1n) is 9.64. The summed E-state index contributed by atoms with van der Waals surface area (Å²) in [5.41, 5.74) is 4.85. The molecular weight excluding hydrogens is 362 g/mol. The summed E-state index contributed by atoms with van der Waals surface area (Å²) >= 11 is 0. The third-order valence-corrected chi connectivity index (χ3v) is 4.83. The predicted molar refractivity (Wildman–Crippen MR) is 115 cm³/mol. The SMILES string of the molecule is C=CCN(Cc1ccccc1OC)C(=O)c1ccc(Cn2nc(C)cc2C)cc1. The van der Waals surface area contributed by atoms with Crippen molar-refractivity contribution in [2.45, 2.75) is 26.9 Å². The van der Waals surface area contributed by atoms with Crippen molar-refractivity contribution in [2.75, 3.05) is 13.7 Å². The molecule has 0 N–H and O–H groups in total. The number of methoxy groups -OCH3 is 1. The Bertz CT molecular complexity index is 990. The summed E-state index contributed by atoms with van der Waals surface area (Å²) in [5.74, 6) is 0.739. The van der Waals surface area contributed by atoms with Crippen molar-refractivity contribution in [2.24, 2.45) is 0 Å². The molecule has 0 fully saturated rings. The van der Waals surface area contributed by atoms with Crippen LogP contribution >= 0.6 is 0 Å². The molecule has 0 unspecified atom stereocenters. The van der Waals surface area contributed by atoms with E-state index in [-0.39, 0.29) is 5.91 Å². The molecular formula is C24H27N3O2. The van der Waals surface area contributed by atoms with E-state index in [4.69, 9.17) is 4.74 Å². The van der Waals surface area contributed by atoms with E-state index in [0.717, 1.165) is 28.3 Å². The van der Waals surface area contributed by atoms with Crippen molar-refractivity contribution in [1.82, 2.24) is 14.7 Å². The number of amides is 1. The van der Waals surface area contributed by atoms with Gasteiger partial charge >= 0.3 is 0 Å². The van der Waals surface area contributed by atoms with Crippen LogP contribution in [0.5, 0.6) is 5.75 Å². The Morgan fingerprint density at radius 3 is 2.52 bits per heavy atom. The molecule has 5 nitrogen and oxygen atoms in total. The van der Waals surface area contributed by atoms with Crippen molar-refractivity contribution >= 4 is 5.91 Å². The minimum absolute atomic E-state index is 0.0338. The van der Waals surface area contributed by atoms with Crippen LogP contribution in [0.4, 0.5) is 0 Å². The molecule has 1 aromatic heterocycles. The number of aryl methyl sites for hydroxylation is 2. The molecule has 0 aliphatic rings. The predicted octanol–water partition coefficient (Wildman–Crippen LogP) is 4.39. The van der Waals surface area contributed by atoms with Gasteiger partial charge in [-0.05, 0) is 43.7 Å². The maximum absolute atomic E-state index is 13.1. The molecule has 3 rings (SSSR count). The average molecular weight is 389 g/mol. The molecule has 5 heteroatoms. The monoisotopic (exact) mass is 389 g/mol. The summed E-state index contributed by atoms with van der Waals surface area (Å²) in [4.78, 5) is 14.9. The molecule has 0 bridgehead atoms. The van der Waals surface area contributed by atoms with Crippen LogP contribution < -0.4 is 4.74 Å². The first kappa shape index (κ1) is 20.4. The Morgan fingerprint density at radius 2 is 1.90 bits per heavy atom. The summed E-state index contributed by atoms with van der Waals surface area (Å²) in [7, 11) is 1.64. The van der Waals surface area contributed by atoms with E-state index in [9.17, 15) is 4.79 Å². The highest BCUT2D eigenvalue weighted by Gasteiger charge is 2.17. The number of para-hydroxylation sites is 1. The molecule has 0 aliphatic heterocycles.